The normalized spacial score (nSPS) is 20.6. The summed E-state index contributed by atoms with van der Waals surface area (Å²) in [5, 5.41) is 3.53. The van der Waals surface area contributed by atoms with Crippen molar-refractivity contribution < 1.29 is 4.74 Å². The molecule has 20 heavy (non-hydrogen) atoms. The Bertz CT molecular complexity index is 417. The zero-order chi connectivity index (χ0) is 14.6. The van der Waals surface area contributed by atoms with E-state index >= 15 is 0 Å². The molecule has 0 amide bonds. The van der Waals surface area contributed by atoms with E-state index in [2.05, 4.69) is 44.4 Å². The van der Waals surface area contributed by atoms with Gasteiger partial charge in [0.15, 0.2) is 0 Å². The van der Waals surface area contributed by atoms with Crippen LogP contribution in [0.2, 0.25) is 0 Å². The van der Waals surface area contributed by atoms with Crippen molar-refractivity contribution in [2.75, 3.05) is 13.7 Å². The largest absolute Gasteiger partial charge is 0.494 e. The molecule has 0 heterocycles. The Morgan fingerprint density at radius 1 is 1.30 bits per heavy atom. The van der Waals surface area contributed by atoms with Gasteiger partial charge in [-0.15, -0.1) is 0 Å². The number of rotatable bonds is 5. The van der Waals surface area contributed by atoms with Gasteiger partial charge in [-0.05, 0) is 68.7 Å². The van der Waals surface area contributed by atoms with Crippen LogP contribution in [0.3, 0.4) is 0 Å². The predicted molar refractivity (Wildman–Crippen MR) is 85.2 cm³/mol. The molecule has 1 aromatic rings. The highest BCUT2D eigenvalue weighted by Crippen LogP contribution is 2.42. The lowest BCUT2D eigenvalue weighted by Crippen LogP contribution is -2.31. The van der Waals surface area contributed by atoms with Gasteiger partial charge in [-0.3, -0.25) is 0 Å². The second-order valence-corrected chi connectivity index (χ2v) is 6.77. The standard InChI is InChI=1S/C18H29NO/c1-5-20-16-8-6-7-15(13-16)17(19-4)14-9-11-18(2,3)12-10-14/h6-8,13-14,17,19H,5,9-12H2,1-4H3. The summed E-state index contributed by atoms with van der Waals surface area (Å²) in [6.45, 7) is 7.55. The first-order chi connectivity index (χ1) is 9.55. The van der Waals surface area contributed by atoms with Crippen molar-refractivity contribution in [2.24, 2.45) is 11.3 Å². The predicted octanol–water partition coefficient (Wildman–Crippen LogP) is 4.56. The molecule has 2 nitrogen and oxygen atoms in total. The van der Waals surface area contributed by atoms with E-state index in [0.717, 1.165) is 18.3 Å². The molecule has 0 radical (unpaired) electrons. The summed E-state index contributed by atoms with van der Waals surface area (Å²) < 4.78 is 5.63. The maximum absolute atomic E-state index is 5.63. The van der Waals surface area contributed by atoms with Crippen molar-refractivity contribution in [1.82, 2.24) is 5.32 Å². The molecule has 1 aliphatic rings. The van der Waals surface area contributed by atoms with Crippen LogP contribution < -0.4 is 10.1 Å². The molecule has 0 bridgehead atoms. The molecule has 0 aromatic heterocycles. The number of ether oxygens (including phenoxy) is 1. The van der Waals surface area contributed by atoms with E-state index < -0.39 is 0 Å². The number of hydrogen-bond donors (Lipinski definition) is 1. The number of nitrogens with one attached hydrogen (secondary N) is 1. The SMILES string of the molecule is CCOc1cccc(C(NC)C2CCC(C)(C)CC2)c1. The van der Waals surface area contributed by atoms with Crippen molar-refractivity contribution >= 4 is 0 Å². The van der Waals surface area contributed by atoms with E-state index in [9.17, 15) is 0 Å². The lowest BCUT2D eigenvalue weighted by Gasteiger charge is -2.38. The van der Waals surface area contributed by atoms with E-state index in [1.54, 1.807) is 0 Å². The Balaban J connectivity index is 2.10. The van der Waals surface area contributed by atoms with Gasteiger partial charge in [0.05, 0.1) is 6.61 Å². The van der Waals surface area contributed by atoms with Gasteiger partial charge >= 0.3 is 0 Å². The molecule has 2 heteroatoms. The highest BCUT2D eigenvalue weighted by Gasteiger charge is 2.31. The summed E-state index contributed by atoms with van der Waals surface area (Å²) in [4.78, 5) is 0. The molecular weight excluding hydrogens is 246 g/mol. The minimum Gasteiger partial charge on any atom is -0.494 e. The molecule has 0 spiro atoms. The van der Waals surface area contributed by atoms with Gasteiger partial charge in [0.1, 0.15) is 5.75 Å². The highest BCUT2D eigenvalue weighted by atomic mass is 16.5. The zero-order valence-corrected chi connectivity index (χ0v) is 13.4. The molecule has 0 aliphatic heterocycles. The van der Waals surface area contributed by atoms with E-state index in [1.807, 2.05) is 13.0 Å². The summed E-state index contributed by atoms with van der Waals surface area (Å²) in [5.74, 6) is 1.73. The van der Waals surface area contributed by atoms with E-state index in [1.165, 1.54) is 31.2 Å². The lowest BCUT2D eigenvalue weighted by molar-refractivity contribution is 0.164. The van der Waals surface area contributed by atoms with Crippen LogP contribution in [0.4, 0.5) is 0 Å². The molecule has 2 rings (SSSR count). The third kappa shape index (κ3) is 3.76. The smallest absolute Gasteiger partial charge is 0.119 e. The van der Waals surface area contributed by atoms with Gasteiger partial charge in [0.2, 0.25) is 0 Å². The van der Waals surface area contributed by atoms with Crippen LogP contribution in [0, 0.1) is 11.3 Å². The molecule has 1 aliphatic carbocycles. The average Bonchev–Trinajstić information content (AvgIpc) is 2.42. The maximum Gasteiger partial charge on any atom is 0.119 e. The minimum absolute atomic E-state index is 0.450. The van der Waals surface area contributed by atoms with E-state index in [-0.39, 0.29) is 0 Å². The third-order valence-corrected chi connectivity index (χ3v) is 4.69. The third-order valence-electron chi connectivity index (χ3n) is 4.69. The first kappa shape index (κ1) is 15.4. The van der Waals surface area contributed by atoms with Crippen molar-refractivity contribution in [2.45, 2.75) is 52.5 Å². The fraction of sp³-hybridized carbons (Fsp3) is 0.667. The Kier molecular flexibility index (Phi) is 5.09. The Hall–Kier alpha value is -1.02. The van der Waals surface area contributed by atoms with Crippen LogP contribution in [0.1, 0.15) is 58.1 Å². The Morgan fingerprint density at radius 3 is 2.60 bits per heavy atom. The van der Waals surface area contributed by atoms with Crippen LogP contribution in [0.25, 0.3) is 0 Å². The second kappa shape index (κ2) is 6.62. The van der Waals surface area contributed by atoms with Crippen molar-refractivity contribution in [3.8, 4) is 5.75 Å². The summed E-state index contributed by atoms with van der Waals surface area (Å²) in [5.41, 5.74) is 1.89. The summed E-state index contributed by atoms with van der Waals surface area (Å²) >= 11 is 0. The van der Waals surface area contributed by atoms with E-state index in [0.29, 0.717) is 11.5 Å². The molecule has 1 N–H and O–H groups in total. The molecular formula is C18H29NO. The molecule has 1 fully saturated rings. The molecule has 112 valence electrons. The van der Waals surface area contributed by atoms with E-state index in [4.69, 9.17) is 4.74 Å². The fourth-order valence-electron chi connectivity index (χ4n) is 3.39. The van der Waals surface area contributed by atoms with Crippen LogP contribution in [-0.2, 0) is 0 Å². The monoisotopic (exact) mass is 275 g/mol. The topological polar surface area (TPSA) is 21.3 Å². The van der Waals surface area contributed by atoms with Crippen LogP contribution >= 0.6 is 0 Å². The van der Waals surface area contributed by atoms with Crippen LogP contribution in [-0.4, -0.2) is 13.7 Å². The highest BCUT2D eigenvalue weighted by molar-refractivity contribution is 5.31. The van der Waals surface area contributed by atoms with Gasteiger partial charge in [-0.1, -0.05) is 26.0 Å². The number of benzene rings is 1. The van der Waals surface area contributed by atoms with Crippen molar-refractivity contribution in [1.29, 1.82) is 0 Å². The molecule has 1 aromatic carbocycles. The molecule has 1 atom stereocenters. The van der Waals surface area contributed by atoms with Gasteiger partial charge in [-0.25, -0.2) is 0 Å². The van der Waals surface area contributed by atoms with Gasteiger partial charge in [0, 0.05) is 6.04 Å². The fourth-order valence-corrected chi connectivity index (χ4v) is 3.39. The van der Waals surface area contributed by atoms with Crippen molar-refractivity contribution in [3.05, 3.63) is 29.8 Å². The van der Waals surface area contributed by atoms with Gasteiger partial charge in [-0.2, -0.15) is 0 Å². The Labute approximate surface area is 123 Å². The lowest BCUT2D eigenvalue weighted by atomic mass is 9.70. The van der Waals surface area contributed by atoms with Crippen LogP contribution in [0.5, 0.6) is 5.75 Å². The number of hydrogen-bond acceptors (Lipinski definition) is 2. The Morgan fingerprint density at radius 2 is 2.00 bits per heavy atom. The maximum atomic E-state index is 5.63. The average molecular weight is 275 g/mol. The minimum atomic E-state index is 0.450. The van der Waals surface area contributed by atoms with Gasteiger partial charge in [0.25, 0.3) is 0 Å². The quantitative estimate of drug-likeness (QED) is 0.850. The molecule has 0 saturated heterocycles. The first-order valence-electron chi connectivity index (χ1n) is 7.96. The second-order valence-electron chi connectivity index (χ2n) is 6.77. The van der Waals surface area contributed by atoms with Crippen molar-refractivity contribution in [3.63, 3.8) is 0 Å². The summed E-state index contributed by atoms with van der Waals surface area (Å²) in [6.07, 6.45) is 5.30. The van der Waals surface area contributed by atoms with Crippen LogP contribution in [0.15, 0.2) is 24.3 Å². The zero-order valence-electron chi connectivity index (χ0n) is 13.4. The molecule has 1 unspecified atom stereocenters. The summed E-state index contributed by atoms with van der Waals surface area (Å²) in [7, 11) is 2.08. The summed E-state index contributed by atoms with van der Waals surface area (Å²) in [6, 6.07) is 9.03. The molecule has 1 saturated carbocycles. The van der Waals surface area contributed by atoms with Gasteiger partial charge < -0.3 is 10.1 Å². The first-order valence-corrected chi connectivity index (χ1v) is 7.96.